The van der Waals surface area contributed by atoms with E-state index in [9.17, 15) is 0 Å². The number of benzene rings is 2. The molecule has 1 saturated heterocycles. The van der Waals surface area contributed by atoms with Gasteiger partial charge in [-0.25, -0.2) is 9.97 Å². The lowest BCUT2D eigenvalue weighted by Gasteiger charge is -2.37. The van der Waals surface area contributed by atoms with Gasteiger partial charge in [0, 0.05) is 37.9 Å². The predicted molar refractivity (Wildman–Crippen MR) is 109 cm³/mol. The molecule has 0 aliphatic carbocycles. The van der Waals surface area contributed by atoms with Crippen LogP contribution < -0.4 is 19.9 Å². The van der Waals surface area contributed by atoms with Gasteiger partial charge >= 0.3 is 0 Å². The van der Waals surface area contributed by atoms with Crippen LogP contribution >= 0.6 is 0 Å². The molecule has 1 aromatic heterocycles. The minimum atomic E-state index is 0.804. The Morgan fingerprint density at radius 1 is 0.852 bits per heavy atom. The SMILES string of the molecule is COc1ccccc1N1CCN(c2cc(Nc3ccccc3)ncn2)CC1. The average molecular weight is 361 g/mol. The lowest BCUT2D eigenvalue weighted by molar-refractivity contribution is 0.413. The van der Waals surface area contributed by atoms with Gasteiger partial charge in [-0.05, 0) is 24.3 Å². The van der Waals surface area contributed by atoms with Crippen molar-refractivity contribution in [2.45, 2.75) is 0 Å². The van der Waals surface area contributed by atoms with Crippen LogP contribution in [0.1, 0.15) is 0 Å². The first-order valence-electron chi connectivity index (χ1n) is 9.10. The third-order valence-electron chi connectivity index (χ3n) is 4.73. The summed E-state index contributed by atoms with van der Waals surface area (Å²) in [6.07, 6.45) is 1.62. The van der Waals surface area contributed by atoms with Gasteiger partial charge in [0.15, 0.2) is 0 Å². The number of piperazine rings is 1. The number of anilines is 4. The standard InChI is InChI=1S/C21H23N5O/c1-27-19-10-6-5-9-18(19)25-11-13-26(14-12-25)21-15-20(22-16-23-21)24-17-7-3-2-4-8-17/h2-10,15-16H,11-14H2,1H3,(H,22,23,24). The Morgan fingerprint density at radius 2 is 1.56 bits per heavy atom. The minimum absolute atomic E-state index is 0.804. The highest BCUT2D eigenvalue weighted by molar-refractivity contribution is 5.61. The molecule has 0 atom stereocenters. The van der Waals surface area contributed by atoms with E-state index in [1.54, 1.807) is 13.4 Å². The van der Waals surface area contributed by atoms with E-state index in [0.717, 1.165) is 54.9 Å². The summed E-state index contributed by atoms with van der Waals surface area (Å²) in [7, 11) is 1.72. The van der Waals surface area contributed by atoms with E-state index in [2.05, 4.69) is 37.2 Å². The van der Waals surface area contributed by atoms with Crippen LogP contribution in [0.4, 0.5) is 23.0 Å². The largest absolute Gasteiger partial charge is 0.495 e. The van der Waals surface area contributed by atoms with Gasteiger partial charge in [0.05, 0.1) is 12.8 Å². The molecule has 0 spiro atoms. The number of hydrogen-bond donors (Lipinski definition) is 1. The van der Waals surface area contributed by atoms with Crippen LogP contribution in [0, 0.1) is 0 Å². The molecule has 3 aromatic rings. The first kappa shape index (κ1) is 17.1. The van der Waals surface area contributed by atoms with Crippen LogP contribution in [-0.4, -0.2) is 43.3 Å². The summed E-state index contributed by atoms with van der Waals surface area (Å²) >= 11 is 0. The van der Waals surface area contributed by atoms with Crippen molar-refractivity contribution >= 4 is 23.0 Å². The Labute approximate surface area is 159 Å². The first-order valence-corrected chi connectivity index (χ1v) is 9.10. The number of ether oxygens (including phenoxy) is 1. The Kier molecular flexibility index (Phi) is 5.05. The zero-order valence-electron chi connectivity index (χ0n) is 15.4. The molecule has 0 radical (unpaired) electrons. The molecule has 1 N–H and O–H groups in total. The Morgan fingerprint density at radius 3 is 2.33 bits per heavy atom. The van der Waals surface area contributed by atoms with Gasteiger partial charge in [-0.2, -0.15) is 0 Å². The van der Waals surface area contributed by atoms with Crippen molar-refractivity contribution in [3.8, 4) is 5.75 Å². The van der Waals surface area contributed by atoms with Crippen LogP contribution in [-0.2, 0) is 0 Å². The Balaban J connectivity index is 1.43. The molecule has 0 amide bonds. The smallest absolute Gasteiger partial charge is 0.142 e. The maximum atomic E-state index is 5.50. The Hall–Kier alpha value is -3.28. The van der Waals surface area contributed by atoms with E-state index in [-0.39, 0.29) is 0 Å². The fraction of sp³-hybridized carbons (Fsp3) is 0.238. The van der Waals surface area contributed by atoms with Crippen molar-refractivity contribution in [1.82, 2.24) is 9.97 Å². The van der Waals surface area contributed by atoms with Crippen molar-refractivity contribution in [2.24, 2.45) is 0 Å². The molecular weight excluding hydrogens is 338 g/mol. The zero-order valence-corrected chi connectivity index (χ0v) is 15.4. The topological polar surface area (TPSA) is 53.5 Å². The molecule has 0 unspecified atom stereocenters. The molecule has 1 fully saturated rings. The van der Waals surface area contributed by atoms with E-state index in [4.69, 9.17) is 4.74 Å². The summed E-state index contributed by atoms with van der Waals surface area (Å²) < 4.78 is 5.50. The van der Waals surface area contributed by atoms with Crippen molar-refractivity contribution in [3.63, 3.8) is 0 Å². The Bertz CT molecular complexity index is 879. The maximum absolute atomic E-state index is 5.50. The van der Waals surface area contributed by atoms with Crippen LogP contribution in [0.5, 0.6) is 5.75 Å². The second-order valence-corrected chi connectivity index (χ2v) is 6.40. The van der Waals surface area contributed by atoms with E-state index in [1.807, 2.05) is 48.5 Å². The lowest BCUT2D eigenvalue weighted by atomic mass is 10.2. The van der Waals surface area contributed by atoms with Gasteiger partial charge in [0.2, 0.25) is 0 Å². The van der Waals surface area contributed by atoms with E-state index < -0.39 is 0 Å². The predicted octanol–water partition coefficient (Wildman–Crippen LogP) is 3.56. The quantitative estimate of drug-likeness (QED) is 0.750. The first-order chi connectivity index (χ1) is 13.3. The van der Waals surface area contributed by atoms with Gasteiger partial charge in [-0.1, -0.05) is 30.3 Å². The highest BCUT2D eigenvalue weighted by Gasteiger charge is 2.20. The second-order valence-electron chi connectivity index (χ2n) is 6.40. The fourth-order valence-electron chi connectivity index (χ4n) is 3.33. The third-order valence-corrected chi connectivity index (χ3v) is 4.73. The third kappa shape index (κ3) is 3.95. The number of hydrogen-bond acceptors (Lipinski definition) is 6. The fourth-order valence-corrected chi connectivity index (χ4v) is 3.33. The molecule has 6 nitrogen and oxygen atoms in total. The maximum Gasteiger partial charge on any atom is 0.142 e. The number of nitrogens with zero attached hydrogens (tertiary/aromatic N) is 4. The van der Waals surface area contributed by atoms with E-state index >= 15 is 0 Å². The summed E-state index contributed by atoms with van der Waals surface area (Å²) in [4.78, 5) is 13.5. The van der Waals surface area contributed by atoms with Gasteiger partial charge in [0.25, 0.3) is 0 Å². The summed E-state index contributed by atoms with van der Waals surface area (Å²) in [5.74, 6) is 2.67. The molecule has 4 rings (SSSR count). The van der Waals surface area contributed by atoms with Crippen molar-refractivity contribution in [1.29, 1.82) is 0 Å². The van der Waals surface area contributed by atoms with Crippen LogP contribution in [0.15, 0.2) is 67.0 Å². The van der Waals surface area contributed by atoms with Crippen LogP contribution in [0.2, 0.25) is 0 Å². The molecule has 0 bridgehead atoms. The van der Waals surface area contributed by atoms with Gasteiger partial charge in [-0.3, -0.25) is 0 Å². The molecule has 1 aliphatic rings. The van der Waals surface area contributed by atoms with Crippen LogP contribution in [0.3, 0.4) is 0 Å². The number of rotatable bonds is 5. The monoisotopic (exact) mass is 361 g/mol. The summed E-state index contributed by atoms with van der Waals surface area (Å²) in [5, 5.41) is 3.33. The van der Waals surface area contributed by atoms with Crippen molar-refractivity contribution in [2.75, 3.05) is 48.4 Å². The number of methoxy groups -OCH3 is 1. The lowest BCUT2D eigenvalue weighted by Crippen LogP contribution is -2.47. The molecule has 1 aliphatic heterocycles. The number of nitrogens with one attached hydrogen (secondary N) is 1. The van der Waals surface area contributed by atoms with Crippen LogP contribution in [0.25, 0.3) is 0 Å². The molecule has 0 saturated carbocycles. The van der Waals surface area contributed by atoms with Crippen molar-refractivity contribution in [3.05, 3.63) is 67.0 Å². The molecule has 6 heteroatoms. The van der Waals surface area contributed by atoms with Crippen molar-refractivity contribution < 1.29 is 4.74 Å². The molecular formula is C21H23N5O. The van der Waals surface area contributed by atoms with Gasteiger partial charge < -0.3 is 19.9 Å². The molecule has 27 heavy (non-hydrogen) atoms. The average Bonchev–Trinajstić information content (AvgIpc) is 2.75. The molecule has 2 aromatic carbocycles. The number of aromatic nitrogens is 2. The summed E-state index contributed by atoms with van der Waals surface area (Å²) in [5.41, 5.74) is 2.16. The molecule has 2 heterocycles. The van der Waals surface area contributed by atoms with E-state index in [1.165, 1.54) is 0 Å². The van der Waals surface area contributed by atoms with E-state index in [0.29, 0.717) is 0 Å². The zero-order chi connectivity index (χ0) is 18.5. The summed E-state index contributed by atoms with van der Waals surface area (Å²) in [6, 6.07) is 20.2. The molecule has 138 valence electrons. The van der Waals surface area contributed by atoms with Gasteiger partial charge in [-0.15, -0.1) is 0 Å². The second kappa shape index (κ2) is 7.95. The normalized spacial score (nSPS) is 14.1. The minimum Gasteiger partial charge on any atom is -0.495 e. The number of para-hydroxylation sites is 3. The highest BCUT2D eigenvalue weighted by atomic mass is 16.5. The van der Waals surface area contributed by atoms with Gasteiger partial charge in [0.1, 0.15) is 23.7 Å². The highest BCUT2D eigenvalue weighted by Crippen LogP contribution is 2.29. The summed E-state index contributed by atoms with van der Waals surface area (Å²) in [6.45, 7) is 3.65.